The second-order valence-corrected chi connectivity index (χ2v) is 6.64. The first-order valence-corrected chi connectivity index (χ1v) is 9.20. The minimum Gasteiger partial charge on any atom is -0.497 e. The number of benzene rings is 2. The van der Waals surface area contributed by atoms with E-state index in [1.165, 1.54) is 11.1 Å². The van der Waals surface area contributed by atoms with E-state index in [2.05, 4.69) is 46.3 Å². The number of anilines is 1. The van der Waals surface area contributed by atoms with E-state index in [9.17, 15) is 0 Å². The molecule has 5 heteroatoms. The molecule has 5 nitrogen and oxygen atoms in total. The van der Waals surface area contributed by atoms with Crippen LogP contribution in [0.4, 0.5) is 5.82 Å². The zero-order valence-corrected chi connectivity index (χ0v) is 16.1. The normalized spacial score (nSPS) is 10.8. The number of rotatable bonds is 7. The van der Waals surface area contributed by atoms with Crippen LogP contribution < -0.4 is 14.4 Å². The van der Waals surface area contributed by atoms with Crippen molar-refractivity contribution in [2.75, 3.05) is 19.1 Å². The third kappa shape index (κ3) is 3.93. The molecule has 1 N–H and O–H groups in total. The number of ether oxygens (including phenoxy) is 2. The number of nitrogens with one attached hydrogen (secondary N) is 1. The molecule has 2 aromatic carbocycles. The predicted molar refractivity (Wildman–Crippen MR) is 112 cm³/mol. The lowest BCUT2D eigenvalue weighted by Gasteiger charge is -2.24. The lowest BCUT2D eigenvalue weighted by molar-refractivity contribution is 0.414. The van der Waals surface area contributed by atoms with Crippen molar-refractivity contribution in [1.29, 1.82) is 0 Å². The smallest absolute Gasteiger partial charge is 0.139 e. The molecule has 0 saturated heterocycles. The first-order chi connectivity index (χ1) is 13.7. The lowest BCUT2D eigenvalue weighted by atomic mass is 10.1. The van der Waals surface area contributed by atoms with Crippen molar-refractivity contribution in [2.24, 2.45) is 0 Å². The molecule has 0 aliphatic rings. The Balaban J connectivity index is 1.63. The maximum atomic E-state index is 5.27. The second kappa shape index (κ2) is 8.05. The fourth-order valence-electron chi connectivity index (χ4n) is 3.22. The van der Waals surface area contributed by atoms with Gasteiger partial charge in [0.2, 0.25) is 0 Å². The Morgan fingerprint density at radius 3 is 1.86 bits per heavy atom. The molecule has 0 saturated carbocycles. The van der Waals surface area contributed by atoms with Crippen molar-refractivity contribution in [2.45, 2.75) is 13.1 Å². The molecule has 4 rings (SSSR count). The number of methoxy groups -OCH3 is 2. The van der Waals surface area contributed by atoms with E-state index in [4.69, 9.17) is 14.5 Å². The van der Waals surface area contributed by atoms with Gasteiger partial charge >= 0.3 is 0 Å². The van der Waals surface area contributed by atoms with Crippen LogP contribution in [0.5, 0.6) is 11.5 Å². The molecule has 2 heterocycles. The summed E-state index contributed by atoms with van der Waals surface area (Å²) in [5, 5.41) is 1.11. The maximum Gasteiger partial charge on any atom is 0.139 e. The molecular weight excluding hydrogens is 350 g/mol. The highest BCUT2D eigenvalue weighted by molar-refractivity contribution is 5.77. The van der Waals surface area contributed by atoms with E-state index in [1.807, 2.05) is 36.5 Å². The van der Waals surface area contributed by atoms with Gasteiger partial charge in [-0.2, -0.15) is 0 Å². The zero-order chi connectivity index (χ0) is 19.3. The highest BCUT2D eigenvalue weighted by Crippen LogP contribution is 2.23. The monoisotopic (exact) mass is 373 g/mol. The average molecular weight is 373 g/mol. The quantitative estimate of drug-likeness (QED) is 0.506. The zero-order valence-electron chi connectivity index (χ0n) is 16.1. The van der Waals surface area contributed by atoms with E-state index >= 15 is 0 Å². The number of hydrogen-bond acceptors (Lipinski definition) is 4. The van der Waals surface area contributed by atoms with Crippen molar-refractivity contribution < 1.29 is 9.47 Å². The van der Waals surface area contributed by atoms with Crippen LogP contribution in [-0.2, 0) is 13.1 Å². The molecule has 142 valence electrons. The molecule has 2 aromatic heterocycles. The number of pyridine rings is 1. The number of hydrogen-bond donors (Lipinski definition) is 1. The Hall–Kier alpha value is -3.47. The van der Waals surface area contributed by atoms with Crippen LogP contribution in [-0.4, -0.2) is 24.2 Å². The van der Waals surface area contributed by atoms with Gasteiger partial charge in [0.15, 0.2) is 0 Å². The van der Waals surface area contributed by atoms with E-state index in [-0.39, 0.29) is 0 Å². The fraction of sp³-hybridized carbons (Fsp3) is 0.174. The van der Waals surface area contributed by atoms with Crippen LogP contribution in [0.15, 0.2) is 72.9 Å². The number of nitrogens with zero attached hydrogens (tertiary/aromatic N) is 2. The topological polar surface area (TPSA) is 50.4 Å². The Bertz CT molecular complexity index is 990. The van der Waals surface area contributed by atoms with Gasteiger partial charge < -0.3 is 19.4 Å². The predicted octanol–water partition coefficient (Wildman–Crippen LogP) is 4.79. The summed E-state index contributed by atoms with van der Waals surface area (Å²) in [6.45, 7) is 1.49. The highest BCUT2D eigenvalue weighted by Gasteiger charge is 2.12. The molecule has 0 fully saturated rings. The summed E-state index contributed by atoms with van der Waals surface area (Å²) in [4.78, 5) is 10.3. The van der Waals surface area contributed by atoms with E-state index < -0.39 is 0 Å². The minimum atomic E-state index is 0.745. The molecule has 0 spiro atoms. The molecule has 4 aromatic rings. The van der Waals surface area contributed by atoms with Crippen molar-refractivity contribution in [1.82, 2.24) is 9.97 Å². The summed E-state index contributed by atoms with van der Waals surface area (Å²) in [6.07, 6.45) is 1.92. The third-order valence-electron chi connectivity index (χ3n) is 4.78. The summed E-state index contributed by atoms with van der Waals surface area (Å²) in [6, 6.07) is 22.5. The van der Waals surface area contributed by atoms with Gasteiger partial charge in [0.05, 0.1) is 14.2 Å². The molecule has 0 bridgehead atoms. The highest BCUT2D eigenvalue weighted by atomic mass is 16.5. The van der Waals surface area contributed by atoms with Crippen LogP contribution >= 0.6 is 0 Å². The summed E-state index contributed by atoms with van der Waals surface area (Å²) < 4.78 is 10.5. The van der Waals surface area contributed by atoms with Gasteiger partial charge in [0.25, 0.3) is 0 Å². The first-order valence-electron chi connectivity index (χ1n) is 9.20. The van der Waals surface area contributed by atoms with Gasteiger partial charge in [-0.1, -0.05) is 24.3 Å². The summed E-state index contributed by atoms with van der Waals surface area (Å²) in [5.41, 5.74) is 3.29. The van der Waals surface area contributed by atoms with Gasteiger partial charge in [-0.3, -0.25) is 0 Å². The molecule has 28 heavy (non-hydrogen) atoms. The van der Waals surface area contributed by atoms with Crippen molar-refractivity contribution in [3.8, 4) is 11.5 Å². The molecule has 0 aliphatic heterocycles. The van der Waals surface area contributed by atoms with Crippen LogP contribution in [0.25, 0.3) is 11.0 Å². The summed E-state index contributed by atoms with van der Waals surface area (Å²) in [5.74, 6) is 2.65. The Labute approximate surface area is 164 Å². The maximum absolute atomic E-state index is 5.27. The Morgan fingerprint density at radius 1 is 0.750 bits per heavy atom. The number of fused-ring (bicyclic) bond motifs is 1. The summed E-state index contributed by atoms with van der Waals surface area (Å²) >= 11 is 0. The van der Waals surface area contributed by atoms with Gasteiger partial charge in [-0.25, -0.2) is 4.98 Å². The molecular formula is C23H23N3O2. The van der Waals surface area contributed by atoms with Crippen molar-refractivity contribution in [3.63, 3.8) is 0 Å². The fourth-order valence-corrected chi connectivity index (χ4v) is 3.22. The van der Waals surface area contributed by atoms with Crippen molar-refractivity contribution in [3.05, 3.63) is 84.1 Å². The summed E-state index contributed by atoms with van der Waals surface area (Å²) in [7, 11) is 3.36. The van der Waals surface area contributed by atoms with Gasteiger partial charge in [-0.15, -0.1) is 0 Å². The minimum absolute atomic E-state index is 0.745. The molecule has 0 amide bonds. The largest absolute Gasteiger partial charge is 0.497 e. The van der Waals surface area contributed by atoms with E-state index in [1.54, 1.807) is 14.2 Å². The number of aromatic amines is 1. The van der Waals surface area contributed by atoms with Gasteiger partial charge in [0.1, 0.15) is 23.0 Å². The second-order valence-electron chi connectivity index (χ2n) is 6.64. The van der Waals surface area contributed by atoms with E-state index in [0.717, 1.165) is 41.4 Å². The molecule has 0 radical (unpaired) electrons. The van der Waals surface area contributed by atoms with Crippen LogP contribution in [0.2, 0.25) is 0 Å². The van der Waals surface area contributed by atoms with Crippen LogP contribution in [0, 0.1) is 0 Å². The number of aromatic nitrogens is 2. The first kappa shape index (κ1) is 17.9. The Kier molecular flexibility index (Phi) is 5.15. The van der Waals surface area contributed by atoms with Gasteiger partial charge in [-0.05, 0) is 53.6 Å². The Morgan fingerprint density at radius 2 is 1.32 bits per heavy atom. The van der Waals surface area contributed by atoms with Gasteiger partial charge in [0, 0.05) is 24.7 Å². The van der Waals surface area contributed by atoms with Crippen LogP contribution in [0.3, 0.4) is 0 Å². The average Bonchev–Trinajstić information content (AvgIpc) is 3.22. The standard InChI is InChI=1S/C23H23N3O2/c1-27-20-8-3-17(4-9-20)15-26(16-18-5-10-21(28-2)11-6-18)22-12-7-19-13-14-24-23(19)25-22/h3-14H,15-16H2,1-2H3,(H,24,25). The SMILES string of the molecule is COc1ccc(CN(Cc2ccc(OC)cc2)c2ccc3cc[nH]c3n2)cc1. The lowest BCUT2D eigenvalue weighted by Crippen LogP contribution is -2.23. The van der Waals surface area contributed by atoms with Crippen LogP contribution in [0.1, 0.15) is 11.1 Å². The van der Waals surface area contributed by atoms with Crippen molar-refractivity contribution >= 4 is 16.9 Å². The third-order valence-corrected chi connectivity index (χ3v) is 4.78. The van der Waals surface area contributed by atoms with E-state index in [0.29, 0.717) is 0 Å². The molecule has 0 atom stereocenters. The molecule has 0 aliphatic carbocycles. The molecule has 0 unspecified atom stereocenters. The number of H-pyrrole nitrogens is 1.